The summed E-state index contributed by atoms with van der Waals surface area (Å²) in [4.78, 5) is 11.5. The third-order valence-corrected chi connectivity index (χ3v) is 4.96. The molecule has 0 fully saturated rings. The smallest absolute Gasteiger partial charge is 0.308 e. The minimum Gasteiger partial charge on any atom is -0.308 e. The molecule has 1 aromatic carbocycles. The molecule has 0 aromatic heterocycles. The van der Waals surface area contributed by atoms with Gasteiger partial charge in [0.05, 0.1) is 5.56 Å². The molecular formula is C23H34F3N3. The maximum Gasteiger partial charge on any atom is 0.416 e. The number of halogens is 3. The zero-order valence-corrected chi connectivity index (χ0v) is 18.3. The molecule has 0 N–H and O–H groups in total. The van der Waals surface area contributed by atoms with Crippen molar-refractivity contribution in [2.75, 3.05) is 6.54 Å². The van der Waals surface area contributed by atoms with Gasteiger partial charge in [-0.15, -0.1) is 0 Å². The molecule has 0 saturated heterocycles. The standard InChI is InChI=1S/C23H34F3N3/c1-6-7-8-9-10-11-14-27-21-19-13-12-18(23(24,25)26)15-20(19)22(28-16(2)3)29(21)17(4)5/h12-13,15-17H,6-11,14H2,1-5H3. The van der Waals surface area contributed by atoms with E-state index in [-0.39, 0.29) is 12.1 Å². The highest BCUT2D eigenvalue weighted by Crippen LogP contribution is 2.34. The molecule has 6 heteroatoms. The van der Waals surface area contributed by atoms with Crippen LogP contribution in [0.25, 0.3) is 0 Å². The van der Waals surface area contributed by atoms with E-state index < -0.39 is 11.7 Å². The van der Waals surface area contributed by atoms with Crippen LogP contribution in [-0.4, -0.2) is 35.2 Å². The summed E-state index contributed by atoms with van der Waals surface area (Å²) >= 11 is 0. The monoisotopic (exact) mass is 409 g/mol. The predicted molar refractivity (Wildman–Crippen MR) is 115 cm³/mol. The molecule has 162 valence electrons. The molecule has 0 unspecified atom stereocenters. The van der Waals surface area contributed by atoms with Crippen LogP contribution in [0, 0.1) is 0 Å². The summed E-state index contributed by atoms with van der Waals surface area (Å²) < 4.78 is 39.9. The van der Waals surface area contributed by atoms with Gasteiger partial charge >= 0.3 is 6.18 Å². The highest BCUT2D eigenvalue weighted by Gasteiger charge is 2.37. The van der Waals surface area contributed by atoms with Gasteiger partial charge in [0, 0.05) is 29.8 Å². The quantitative estimate of drug-likeness (QED) is 0.418. The summed E-state index contributed by atoms with van der Waals surface area (Å²) in [5, 5.41) is 0. The average Bonchev–Trinajstić information content (AvgIpc) is 2.93. The van der Waals surface area contributed by atoms with E-state index in [2.05, 4.69) is 11.9 Å². The third-order valence-electron chi connectivity index (χ3n) is 4.96. The molecule has 0 aliphatic carbocycles. The number of nitrogens with zero attached hydrogens (tertiary/aromatic N) is 3. The van der Waals surface area contributed by atoms with Crippen molar-refractivity contribution in [1.82, 2.24) is 4.90 Å². The highest BCUT2D eigenvalue weighted by atomic mass is 19.4. The van der Waals surface area contributed by atoms with E-state index in [1.165, 1.54) is 31.7 Å². The van der Waals surface area contributed by atoms with Crippen molar-refractivity contribution in [3.05, 3.63) is 34.9 Å². The van der Waals surface area contributed by atoms with Crippen LogP contribution in [0.2, 0.25) is 0 Å². The predicted octanol–water partition coefficient (Wildman–Crippen LogP) is 6.69. The number of hydrogen-bond acceptors (Lipinski definition) is 2. The number of benzene rings is 1. The third kappa shape index (κ3) is 6.06. The lowest BCUT2D eigenvalue weighted by atomic mass is 10.0. The minimum atomic E-state index is -4.38. The molecule has 0 bridgehead atoms. The van der Waals surface area contributed by atoms with Crippen LogP contribution < -0.4 is 0 Å². The SMILES string of the molecule is CCCCCCCCN=C1c2ccc(C(F)(F)F)cc2C(=NC(C)C)N1C(C)C. The molecule has 1 aromatic rings. The lowest BCUT2D eigenvalue weighted by Crippen LogP contribution is -2.37. The van der Waals surface area contributed by atoms with Crippen LogP contribution in [0.3, 0.4) is 0 Å². The average molecular weight is 410 g/mol. The van der Waals surface area contributed by atoms with Crippen LogP contribution in [0.1, 0.15) is 89.8 Å². The van der Waals surface area contributed by atoms with Gasteiger partial charge in [-0.05, 0) is 52.3 Å². The molecule has 0 radical (unpaired) electrons. The zero-order valence-electron chi connectivity index (χ0n) is 18.3. The maximum atomic E-state index is 13.3. The van der Waals surface area contributed by atoms with Crippen molar-refractivity contribution < 1.29 is 13.2 Å². The van der Waals surface area contributed by atoms with Crippen LogP contribution in [0.4, 0.5) is 13.2 Å². The summed E-state index contributed by atoms with van der Waals surface area (Å²) in [5.41, 5.74) is 0.634. The van der Waals surface area contributed by atoms with Crippen LogP contribution in [0.5, 0.6) is 0 Å². The van der Waals surface area contributed by atoms with Gasteiger partial charge in [0.1, 0.15) is 11.7 Å². The number of alkyl halides is 3. The Morgan fingerprint density at radius 3 is 2.14 bits per heavy atom. The summed E-state index contributed by atoms with van der Waals surface area (Å²) in [6, 6.07) is 3.95. The normalized spacial score (nSPS) is 17.2. The van der Waals surface area contributed by atoms with E-state index in [4.69, 9.17) is 4.99 Å². The fourth-order valence-electron chi connectivity index (χ4n) is 3.56. The Kier molecular flexibility index (Phi) is 8.29. The number of aliphatic imine (C=N–C) groups is 2. The van der Waals surface area contributed by atoms with Crippen molar-refractivity contribution in [3.8, 4) is 0 Å². The van der Waals surface area contributed by atoms with Crippen molar-refractivity contribution in [1.29, 1.82) is 0 Å². The van der Waals surface area contributed by atoms with Crippen molar-refractivity contribution in [3.63, 3.8) is 0 Å². The second-order valence-electron chi connectivity index (χ2n) is 8.24. The topological polar surface area (TPSA) is 28.0 Å². The molecule has 1 heterocycles. The molecule has 3 nitrogen and oxygen atoms in total. The van der Waals surface area contributed by atoms with Gasteiger partial charge in [0.2, 0.25) is 0 Å². The van der Waals surface area contributed by atoms with E-state index in [9.17, 15) is 13.2 Å². The van der Waals surface area contributed by atoms with E-state index >= 15 is 0 Å². The van der Waals surface area contributed by atoms with E-state index in [0.29, 0.717) is 17.9 Å². The second-order valence-corrected chi connectivity index (χ2v) is 8.24. The van der Waals surface area contributed by atoms with Gasteiger partial charge < -0.3 is 4.90 Å². The lowest BCUT2D eigenvalue weighted by Gasteiger charge is -2.25. The fraction of sp³-hybridized carbons (Fsp3) is 0.652. The minimum absolute atomic E-state index is 0.0217. The Balaban J connectivity index is 2.34. The molecule has 29 heavy (non-hydrogen) atoms. The summed E-state index contributed by atoms with van der Waals surface area (Å²) in [6.07, 6.45) is 2.69. The fourth-order valence-corrected chi connectivity index (χ4v) is 3.56. The van der Waals surface area contributed by atoms with Crippen molar-refractivity contribution in [2.45, 2.75) is 91.4 Å². The number of rotatable bonds is 9. The molecular weight excluding hydrogens is 375 g/mol. The molecule has 1 aliphatic rings. The number of amidine groups is 2. The van der Waals surface area contributed by atoms with Gasteiger partial charge in [0.15, 0.2) is 0 Å². The maximum absolute atomic E-state index is 13.3. The Bertz CT molecular complexity index is 733. The van der Waals surface area contributed by atoms with E-state index in [0.717, 1.165) is 30.3 Å². The lowest BCUT2D eigenvalue weighted by molar-refractivity contribution is -0.137. The molecule has 0 amide bonds. The Labute approximate surface area is 173 Å². The van der Waals surface area contributed by atoms with Gasteiger partial charge in [-0.2, -0.15) is 13.2 Å². The first kappa shape index (κ1) is 23.4. The number of hydrogen-bond donors (Lipinski definition) is 0. The molecule has 1 aliphatic heterocycles. The first-order chi connectivity index (χ1) is 13.7. The Morgan fingerprint density at radius 2 is 1.55 bits per heavy atom. The molecule has 0 atom stereocenters. The zero-order chi connectivity index (χ0) is 21.6. The Morgan fingerprint density at radius 1 is 0.897 bits per heavy atom. The second kappa shape index (κ2) is 10.3. The Hall–Kier alpha value is -1.85. The van der Waals surface area contributed by atoms with E-state index in [1.807, 2.05) is 32.6 Å². The van der Waals surface area contributed by atoms with Crippen molar-refractivity contribution in [2.24, 2.45) is 9.98 Å². The number of unbranched alkanes of at least 4 members (excludes halogenated alkanes) is 5. The molecule has 2 rings (SSSR count). The van der Waals surface area contributed by atoms with Gasteiger partial charge in [-0.1, -0.05) is 39.0 Å². The summed E-state index contributed by atoms with van der Waals surface area (Å²) in [7, 11) is 0. The van der Waals surface area contributed by atoms with Gasteiger partial charge in [-0.3, -0.25) is 9.98 Å². The van der Waals surface area contributed by atoms with E-state index in [1.54, 1.807) is 6.07 Å². The summed E-state index contributed by atoms with van der Waals surface area (Å²) in [5.74, 6) is 1.34. The van der Waals surface area contributed by atoms with Gasteiger partial charge in [0.25, 0.3) is 0 Å². The first-order valence-corrected chi connectivity index (χ1v) is 10.8. The molecule has 0 saturated carbocycles. The highest BCUT2D eigenvalue weighted by molar-refractivity contribution is 6.25. The largest absolute Gasteiger partial charge is 0.416 e. The van der Waals surface area contributed by atoms with Crippen molar-refractivity contribution >= 4 is 11.7 Å². The summed E-state index contributed by atoms with van der Waals surface area (Å²) in [6.45, 7) is 10.8. The number of fused-ring (bicyclic) bond motifs is 1. The van der Waals surface area contributed by atoms with Crippen LogP contribution in [0.15, 0.2) is 28.2 Å². The molecule has 0 spiro atoms. The van der Waals surface area contributed by atoms with Crippen LogP contribution in [-0.2, 0) is 6.18 Å². The first-order valence-electron chi connectivity index (χ1n) is 10.8. The van der Waals surface area contributed by atoms with Crippen LogP contribution >= 0.6 is 0 Å². The van der Waals surface area contributed by atoms with Gasteiger partial charge in [-0.25, -0.2) is 0 Å².